The standard InChI is InChI=1S/C21H23BrN2O2/c1-13-10-14(2)19(15(3)11-13)24-18(25)12-23-20(26)21(8-9-21)16-4-6-17(22)7-5-16/h4-7,10-11H,8-9,12H2,1-3H3,(H,23,26)(H,24,25). The normalized spacial score (nSPS) is 14.6. The minimum Gasteiger partial charge on any atom is -0.346 e. The van der Waals surface area contributed by atoms with Crippen molar-refractivity contribution in [3.8, 4) is 0 Å². The largest absolute Gasteiger partial charge is 0.346 e. The van der Waals surface area contributed by atoms with Gasteiger partial charge >= 0.3 is 0 Å². The Balaban J connectivity index is 1.61. The maximum absolute atomic E-state index is 12.6. The molecular weight excluding hydrogens is 392 g/mol. The molecule has 0 atom stereocenters. The summed E-state index contributed by atoms with van der Waals surface area (Å²) in [6.07, 6.45) is 1.64. The maximum Gasteiger partial charge on any atom is 0.243 e. The van der Waals surface area contributed by atoms with E-state index in [9.17, 15) is 9.59 Å². The van der Waals surface area contributed by atoms with Crippen LogP contribution in [0.4, 0.5) is 5.69 Å². The lowest BCUT2D eigenvalue weighted by Crippen LogP contribution is -2.39. The van der Waals surface area contributed by atoms with Crippen molar-refractivity contribution in [2.24, 2.45) is 0 Å². The minimum absolute atomic E-state index is 0.0239. The Kier molecular flexibility index (Phi) is 5.19. The molecular formula is C21H23BrN2O2. The number of carbonyl (C=O) groups is 2. The van der Waals surface area contributed by atoms with Crippen molar-refractivity contribution in [3.05, 3.63) is 63.1 Å². The van der Waals surface area contributed by atoms with Crippen molar-refractivity contribution in [1.82, 2.24) is 5.32 Å². The molecule has 26 heavy (non-hydrogen) atoms. The van der Waals surface area contributed by atoms with E-state index in [2.05, 4.69) is 26.6 Å². The van der Waals surface area contributed by atoms with Crippen LogP contribution in [0.3, 0.4) is 0 Å². The molecule has 0 spiro atoms. The number of hydrogen-bond acceptors (Lipinski definition) is 2. The average molecular weight is 415 g/mol. The van der Waals surface area contributed by atoms with Gasteiger partial charge in [-0.1, -0.05) is 45.8 Å². The second kappa shape index (κ2) is 7.23. The van der Waals surface area contributed by atoms with E-state index < -0.39 is 5.41 Å². The van der Waals surface area contributed by atoms with Gasteiger partial charge in [0.25, 0.3) is 0 Å². The molecule has 4 nitrogen and oxygen atoms in total. The van der Waals surface area contributed by atoms with Gasteiger partial charge < -0.3 is 10.6 Å². The lowest BCUT2D eigenvalue weighted by Gasteiger charge is -2.17. The molecule has 1 aliphatic rings. The number of halogens is 1. The third kappa shape index (κ3) is 3.83. The van der Waals surface area contributed by atoms with Gasteiger partial charge in [0, 0.05) is 10.2 Å². The number of anilines is 1. The molecule has 0 saturated heterocycles. The molecule has 0 unspecified atom stereocenters. The van der Waals surface area contributed by atoms with Crippen LogP contribution >= 0.6 is 15.9 Å². The highest BCUT2D eigenvalue weighted by molar-refractivity contribution is 9.10. The first-order chi connectivity index (χ1) is 12.3. The molecule has 3 rings (SSSR count). The van der Waals surface area contributed by atoms with Crippen LogP contribution < -0.4 is 10.6 Å². The quantitative estimate of drug-likeness (QED) is 0.771. The van der Waals surface area contributed by atoms with E-state index in [0.717, 1.165) is 45.3 Å². The molecule has 0 aromatic heterocycles. The van der Waals surface area contributed by atoms with Crippen LogP contribution in [0.2, 0.25) is 0 Å². The van der Waals surface area contributed by atoms with Crippen molar-refractivity contribution in [2.45, 2.75) is 39.0 Å². The summed E-state index contributed by atoms with van der Waals surface area (Å²) in [7, 11) is 0. The first kappa shape index (κ1) is 18.6. The number of amides is 2. The molecule has 0 radical (unpaired) electrons. The molecule has 2 aromatic carbocycles. The molecule has 1 fully saturated rings. The van der Waals surface area contributed by atoms with Gasteiger partial charge in [-0.2, -0.15) is 0 Å². The van der Waals surface area contributed by atoms with Gasteiger partial charge in [-0.05, 0) is 62.4 Å². The summed E-state index contributed by atoms with van der Waals surface area (Å²) in [5.74, 6) is -0.285. The highest BCUT2D eigenvalue weighted by atomic mass is 79.9. The zero-order chi connectivity index (χ0) is 18.9. The molecule has 0 heterocycles. The van der Waals surface area contributed by atoms with Crippen molar-refractivity contribution in [2.75, 3.05) is 11.9 Å². The van der Waals surface area contributed by atoms with E-state index in [-0.39, 0.29) is 18.4 Å². The topological polar surface area (TPSA) is 58.2 Å². The lowest BCUT2D eigenvalue weighted by atomic mass is 9.95. The fourth-order valence-corrected chi connectivity index (χ4v) is 3.70. The fourth-order valence-electron chi connectivity index (χ4n) is 3.43. The summed E-state index contributed by atoms with van der Waals surface area (Å²) >= 11 is 3.41. The lowest BCUT2D eigenvalue weighted by molar-refractivity contribution is -0.126. The van der Waals surface area contributed by atoms with Gasteiger partial charge in [-0.15, -0.1) is 0 Å². The van der Waals surface area contributed by atoms with Gasteiger partial charge in [0.15, 0.2) is 0 Å². The van der Waals surface area contributed by atoms with Gasteiger partial charge in [-0.3, -0.25) is 9.59 Å². The molecule has 0 bridgehead atoms. The number of aryl methyl sites for hydroxylation is 3. The van der Waals surface area contributed by atoms with E-state index in [4.69, 9.17) is 0 Å². The Hall–Kier alpha value is -2.14. The van der Waals surface area contributed by atoms with Crippen molar-refractivity contribution >= 4 is 33.4 Å². The molecule has 2 aromatic rings. The van der Waals surface area contributed by atoms with Gasteiger partial charge in [0.2, 0.25) is 11.8 Å². The first-order valence-electron chi connectivity index (χ1n) is 8.74. The molecule has 5 heteroatoms. The smallest absolute Gasteiger partial charge is 0.243 e. The van der Waals surface area contributed by atoms with Gasteiger partial charge in [-0.25, -0.2) is 0 Å². The highest BCUT2D eigenvalue weighted by Gasteiger charge is 2.51. The predicted octanol–water partition coefficient (Wildman–Crippen LogP) is 4.16. The highest BCUT2D eigenvalue weighted by Crippen LogP contribution is 2.48. The Morgan fingerprint density at radius 3 is 2.15 bits per heavy atom. The summed E-state index contributed by atoms with van der Waals surface area (Å²) in [5, 5.41) is 5.73. The SMILES string of the molecule is Cc1cc(C)c(NC(=O)CNC(=O)C2(c3ccc(Br)cc3)CC2)c(C)c1. The summed E-state index contributed by atoms with van der Waals surface area (Å²) < 4.78 is 0.987. The van der Waals surface area contributed by atoms with Crippen LogP contribution in [-0.2, 0) is 15.0 Å². The van der Waals surface area contributed by atoms with Crippen LogP contribution in [-0.4, -0.2) is 18.4 Å². The maximum atomic E-state index is 12.6. The van der Waals surface area contributed by atoms with E-state index in [1.54, 1.807) is 0 Å². The Bertz CT molecular complexity index is 832. The molecule has 2 amide bonds. The summed E-state index contributed by atoms with van der Waals surface area (Å²) in [5.41, 5.74) is 4.56. The summed E-state index contributed by atoms with van der Waals surface area (Å²) in [6.45, 7) is 5.95. The molecule has 136 valence electrons. The summed E-state index contributed by atoms with van der Waals surface area (Å²) in [4.78, 5) is 24.9. The average Bonchev–Trinajstić information content (AvgIpc) is 3.38. The molecule has 1 saturated carbocycles. The zero-order valence-electron chi connectivity index (χ0n) is 15.3. The van der Waals surface area contributed by atoms with Crippen LogP contribution in [0.15, 0.2) is 40.9 Å². The Labute approximate surface area is 162 Å². The predicted molar refractivity (Wildman–Crippen MR) is 107 cm³/mol. The van der Waals surface area contributed by atoms with Crippen molar-refractivity contribution < 1.29 is 9.59 Å². The van der Waals surface area contributed by atoms with Gasteiger partial charge in [0.1, 0.15) is 0 Å². The van der Waals surface area contributed by atoms with Crippen molar-refractivity contribution in [3.63, 3.8) is 0 Å². The third-order valence-electron chi connectivity index (χ3n) is 4.93. The van der Waals surface area contributed by atoms with Crippen molar-refractivity contribution in [1.29, 1.82) is 0 Å². The monoisotopic (exact) mass is 414 g/mol. The van der Waals surface area contributed by atoms with Crippen LogP contribution in [0.25, 0.3) is 0 Å². The molecule has 2 N–H and O–H groups in total. The van der Waals surface area contributed by atoms with E-state index >= 15 is 0 Å². The Morgan fingerprint density at radius 1 is 1.04 bits per heavy atom. The van der Waals surface area contributed by atoms with E-state index in [1.165, 1.54) is 0 Å². The number of rotatable bonds is 5. The molecule has 0 aliphatic heterocycles. The van der Waals surface area contributed by atoms with Crippen LogP contribution in [0.1, 0.15) is 35.1 Å². The zero-order valence-corrected chi connectivity index (χ0v) is 16.9. The fraction of sp³-hybridized carbons (Fsp3) is 0.333. The van der Waals surface area contributed by atoms with Gasteiger partial charge in [0.05, 0.1) is 12.0 Å². The number of benzene rings is 2. The van der Waals surface area contributed by atoms with E-state index in [1.807, 2.05) is 57.2 Å². The van der Waals surface area contributed by atoms with Crippen LogP contribution in [0.5, 0.6) is 0 Å². The molecule has 1 aliphatic carbocycles. The minimum atomic E-state index is -0.476. The number of carbonyl (C=O) groups excluding carboxylic acids is 2. The third-order valence-corrected chi connectivity index (χ3v) is 5.46. The second-order valence-corrected chi connectivity index (χ2v) is 8.01. The Morgan fingerprint density at radius 2 is 1.62 bits per heavy atom. The first-order valence-corrected chi connectivity index (χ1v) is 9.53. The van der Waals surface area contributed by atoms with Crippen LogP contribution in [0, 0.1) is 20.8 Å². The number of hydrogen-bond donors (Lipinski definition) is 2. The van der Waals surface area contributed by atoms with E-state index in [0.29, 0.717) is 0 Å². The number of nitrogens with one attached hydrogen (secondary N) is 2. The summed E-state index contributed by atoms with van der Waals surface area (Å²) in [6, 6.07) is 11.9. The second-order valence-electron chi connectivity index (χ2n) is 7.09.